The number of nitrogens with one attached hydrogen (secondary N) is 1. The lowest BCUT2D eigenvalue weighted by Crippen LogP contribution is -2.16. The van der Waals surface area contributed by atoms with Crippen LogP contribution in [-0.4, -0.2) is 37.4 Å². The molecular formula is C17H24N2O5. The smallest absolute Gasteiger partial charge is 0.305 e. The van der Waals surface area contributed by atoms with Gasteiger partial charge in [-0.25, -0.2) is 5.43 Å². The number of aromatic hydroxyl groups is 1. The van der Waals surface area contributed by atoms with E-state index in [-0.39, 0.29) is 17.6 Å². The zero-order chi connectivity index (χ0) is 17.8. The highest BCUT2D eigenvalue weighted by Crippen LogP contribution is 2.20. The lowest BCUT2D eigenvalue weighted by molar-refractivity contribution is -0.140. The van der Waals surface area contributed by atoms with Crippen LogP contribution < -0.4 is 10.2 Å². The minimum absolute atomic E-state index is 0.0550. The normalized spacial score (nSPS) is 10.6. The van der Waals surface area contributed by atoms with E-state index in [1.54, 1.807) is 12.1 Å². The third-order valence-corrected chi connectivity index (χ3v) is 3.39. The summed E-state index contributed by atoms with van der Waals surface area (Å²) in [6.45, 7) is 0. The van der Waals surface area contributed by atoms with Gasteiger partial charge in [-0.05, 0) is 31.0 Å². The van der Waals surface area contributed by atoms with Crippen LogP contribution >= 0.6 is 0 Å². The van der Waals surface area contributed by atoms with Gasteiger partial charge < -0.3 is 14.6 Å². The van der Waals surface area contributed by atoms with E-state index in [1.807, 2.05) is 0 Å². The number of nitrogens with zero attached hydrogens (tertiary/aromatic N) is 1. The van der Waals surface area contributed by atoms with Gasteiger partial charge >= 0.3 is 5.97 Å². The molecule has 0 spiro atoms. The number of phenols is 1. The lowest BCUT2D eigenvalue weighted by atomic mass is 10.1. The molecule has 1 aromatic carbocycles. The summed E-state index contributed by atoms with van der Waals surface area (Å²) in [6.07, 6.45) is 5.38. The molecule has 0 aromatic heterocycles. The van der Waals surface area contributed by atoms with E-state index in [1.165, 1.54) is 26.5 Å². The van der Waals surface area contributed by atoms with Crippen molar-refractivity contribution in [3.05, 3.63) is 23.8 Å². The molecule has 0 unspecified atom stereocenters. The van der Waals surface area contributed by atoms with Gasteiger partial charge in [0.2, 0.25) is 5.91 Å². The fraction of sp³-hybridized carbons (Fsp3) is 0.471. The Labute approximate surface area is 141 Å². The highest BCUT2D eigenvalue weighted by Gasteiger charge is 2.03. The van der Waals surface area contributed by atoms with Crippen LogP contribution in [0.1, 0.15) is 44.1 Å². The topological polar surface area (TPSA) is 97.2 Å². The summed E-state index contributed by atoms with van der Waals surface area (Å²) in [5.41, 5.74) is 2.87. The molecule has 0 aliphatic carbocycles. The molecule has 0 bridgehead atoms. The Morgan fingerprint density at radius 3 is 2.54 bits per heavy atom. The molecule has 7 nitrogen and oxygen atoms in total. The van der Waals surface area contributed by atoms with Crippen molar-refractivity contribution in [3.8, 4) is 11.5 Å². The van der Waals surface area contributed by atoms with Crippen LogP contribution in [0.4, 0.5) is 0 Å². The molecule has 2 N–H and O–H groups in total. The number of hydrogen-bond acceptors (Lipinski definition) is 6. The van der Waals surface area contributed by atoms with E-state index in [2.05, 4.69) is 15.3 Å². The van der Waals surface area contributed by atoms with E-state index in [0.29, 0.717) is 24.2 Å². The number of hydrogen-bond donors (Lipinski definition) is 2. The molecule has 7 heteroatoms. The van der Waals surface area contributed by atoms with Crippen molar-refractivity contribution in [2.24, 2.45) is 5.10 Å². The number of carbonyl (C=O) groups is 2. The van der Waals surface area contributed by atoms with Crippen molar-refractivity contribution in [2.75, 3.05) is 14.2 Å². The SMILES string of the molecule is COC(=O)CCCCCCC(=O)N/N=C/c1cc(OC)ccc1O. The van der Waals surface area contributed by atoms with Crippen molar-refractivity contribution in [1.29, 1.82) is 0 Å². The standard InChI is InChI=1S/C17H24N2O5/c1-23-14-9-10-15(20)13(11-14)12-18-19-16(21)7-5-3-4-6-8-17(22)24-2/h9-12,20H,3-8H2,1-2H3,(H,19,21)/b18-12+. The molecule has 0 heterocycles. The summed E-state index contributed by atoms with van der Waals surface area (Å²) in [6, 6.07) is 4.74. The monoisotopic (exact) mass is 336 g/mol. The highest BCUT2D eigenvalue weighted by molar-refractivity contribution is 5.85. The number of ether oxygens (including phenoxy) is 2. The van der Waals surface area contributed by atoms with Gasteiger partial charge in [0, 0.05) is 18.4 Å². The maximum atomic E-state index is 11.6. The molecule has 0 atom stereocenters. The minimum atomic E-state index is -0.206. The number of carbonyl (C=O) groups excluding carboxylic acids is 2. The van der Waals surface area contributed by atoms with E-state index in [4.69, 9.17) is 4.74 Å². The Morgan fingerprint density at radius 2 is 1.88 bits per heavy atom. The second-order valence-corrected chi connectivity index (χ2v) is 5.21. The molecule has 24 heavy (non-hydrogen) atoms. The van der Waals surface area contributed by atoms with Crippen LogP contribution in [0, 0.1) is 0 Å². The molecular weight excluding hydrogens is 312 g/mol. The number of esters is 1. The van der Waals surface area contributed by atoms with E-state index in [0.717, 1.165) is 25.7 Å². The van der Waals surface area contributed by atoms with Crippen molar-refractivity contribution >= 4 is 18.1 Å². The summed E-state index contributed by atoms with van der Waals surface area (Å²) in [5, 5.41) is 13.5. The molecule has 1 amide bonds. The minimum Gasteiger partial charge on any atom is -0.507 e. The summed E-state index contributed by atoms with van der Waals surface area (Å²) < 4.78 is 9.61. The quantitative estimate of drug-likeness (QED) is 0.296. The van der Waals surface area contributed by atoms with Crippen LogP contribution in [0.15, 0.2) is 23.3 Å². The van der Waals surface area contributed by atoms with Crippen LogP contribution in [0.2, 0.25) is 0 Å². The number of methoxy groups -OCH3 is 2. The Morgan fingerprint density at radius 1 is 1.17 bits per heavy atom. The third-order valence-electron chi connectivity index (χ3n) is 3.39. The first-order chi connectivity index (χ1) is 11.6. The summed E-state index contributed by atoms with van der Waals surface area (Å²) >= 11 is 0. The summed E-state index contributed by atoms with van der Waals surface area (Å²) in [4.78, 5) is 22.6. The number of hydrazone groups is 1. The van der Waals surface area contributed by atoms with Gasteiger partial charge in [0.1, 0.15) is 11.5 Å². The fourth-order valence-corrected chi connectivity index (χ4v) is 2.00. The van der Waals surface area contributed by atoms with Gasteiger partial charge in [0.15, 0.2) is 0 Å². The molecule has 0 aliphatic heterocycles. The lowest BCUT2D eigenvalue weighted by Gasteiger charge is -2.03. The molecule has 0 radical (unpaired) electrons. The molecule has 1 aromatic rings. The van der Waals surface area contributed by atoms with Crippen molar-refractivity contribution < 1.29 is 24.2 Å². The fourth-order valence-electron chi connectivity index (χ4n) is 2.00. The van der Waals surface area contributed by atoms with Crippen LogP contribution in [0.25, 0.3) is 0 Å². The molecule has 0 aliphatic rings. The van der Waals surface area contributed by atoms with Gasteiger partial charge in [0.05, 0.1) is 20.4 Å². The number of benzene rings is 1. The zero-order valence-corrected chi connectivity index (χ0v) is 14.1. The first-order valence-electron chi connectivity index (χ1n) is 7.82. The maximum absolute atomic E-state index is 11.6. The van der Waals surface area contributed by atoms with Crippen LogP contribution in [0.3, 0.4) is 0 Å². The molecule has 0 fully saturated rings. The molecule has 132 valence electrons. The highest BCUT2D eigenvalue weighted by atomic mass is 16.5. The number of rotatable bonds is 10. The van der Waals surface area contributed by atoms with Gasteiger partial charge in [0.25, 0.3) is 0 Å². The Kier molecular flexibility index (Phi) is 8.96. The molecule has 0 saturated carbocycles. The van der Waals surface area contributed by atoms with E-state index >= 15 is 0 Å². The molecule has 1 rings (SSSR count). The van der Waals surface area contributed by atoms with Crippen LogP contribution in [0.5, 0.6) is 11.5 Å². The van der Waals surface area contributed by atoms with E-state index in [9.17, 15) is 14.7 Å². The van der Waals surface area contributed by atoms with Crippen molar-refractivity contribution in [3.63, 3.8) is 0 Å². The van der Waals surface area contributed by atoms with Crippen molar-refractivity contribution in [1.82, 2.24) is 5.43 Å². The number of unbranched alkanes of at least 4 members (excludes halogenated alkanes) is 3. The first-order valence-corrected chi connectivity index (χ1v) is 7.82. The average Bonchev–Trinajstić information content (AvgIpc) is 2.59. The molecule has 0 saturated heterocycles. The largest absolute Gasteiger partial charge is 0.507 e. The first kappa shape index (κ1) is 19.5. The van der Waals surface area contributed by atoms with E-state index < -0.39 is 0 Å². The van der Waals surface area contributed by atoms with Gasteiger partial charge in [-0.2, -0.15) is 5.10 Å². The third kappa shape index (κ3) is 7.62. The van der Waals surface area contributed by atoms with Crippen molar-refractivity contribution in [2.45, 2.75) is 38.5 Å². The van der Waals surface area contributed by atoms with Gasteiger partial charge in [-0.15, -0.1) is 0 Å². The Hall–Kier alpha value is -2.57. The number of amides is 1. The van der Waals surface area contributed by atoms with Gasteiger partial charge in [-0.1, -0.05) is 12.8 Å². The maximum Gasteiger partial charge on any atom is 0.305 e. The Bertz CT molecular complexity index is 572. The second kappa shape index (κ2) is 11.0. The predicted octanol–water partition coefficient (Wildman–Crippen LogP) is 2.36. The summed E-state index contributed by atoms with van der Waals surface area (Å²) in [5.74, 6) is 0.247. The summed E-state index contributed by atoms with van der Waals surface area (Å²) in [7, 11) is 2.90. The zero-order valence-electron chi connectivity index (χ0n) is 14.1. The van der Waals surface area contributed by atoms with Crippen LogP contribution in [-0.2, 0) is 14.3 Å². The predicted molar refractivity (Wildman–Crippen MR) is 90.1 cm³/mol. The average molecular weight is 336 g/mol. The second-order valence-electron chi connectivity index (χ2n) is 5.21. The Balaban J connectivity index is 2.23. The number of phenolic OH excluding ortho intramolecular Hbond substituents is 1. The van der Waals surface area contributed by atoms with Gasteiger partial charge in [-0.3, -0.25) is 9.59 Å².